The predicted molar refractivity (Wildman–Crippen MR) is 90.4 cm³/mol. The van der Waals surface area contributed by atoms with Gasteiger partial charge in [0.25, 0.3) is 0 Å². The number of aryl methyl sites for hydroxylation is 2. The van der Waals surface area contributed by atoms with Crippen LogP contribution in [0.4, 0.5) is 9.52 Å². The van der Waals surface area contributed by atoms with E-state index >= 15 is 0 Å². The minimum Gasteiger partial charge on any atom is -0.301 e. The molecule has 1 amide bonds. The van der Waals surface area contributed by atoms with Crippen molar-refractivity contribution in [3.63, 3.8) is 0 Å². The second-order valence-corrected chi connectivity index (χ2v) is 6.89. The van der Waals surface area contributed by atoms with Crippen LogP contribution >= 0.6 is 23.1 Å². The van der Waals surface area contributed by atoms with Crippen LogP contribution in [-0.2, 0) is 4.79 Å². The van der Waals surface area contributed by atoms with E-state index in [1.54, 1.807) is 6.07 Å². The second kappa shape index (κ2) is 6.59. The fourth-order valence-corrected chi connectivity index (χ4v) is 3.71. The molecule has 2 aromatic heterocycles. The Bertz CT molecular complexity index is 861. The van der Waals surface area contributed by atoms with Gasteiger partial charge in [-0.3, -0.25) is 4.79 Å². The molecule has 8 heteroatoms. The summed E-state index contributed by atoms with van der Waals surface area (Å²) in [6.07, 6.45) is 0. The SMILES string of the molecule is Cc1cc(SCC(=O)Nc2nc3ccc(F)cc3s2)nc(C)n1. The van der Waals surface area contributed by atoms with Gasteiger partial charge in [0.2, 0.25) is 5.91 Å². The van der Waals surface area contributed by atoms with Crippen LogP contribution in [0.1, 0.15) is 11.5 Å². The van der Waals surface area contributed by atoms with Gasteiger partial charge in [0, 0.05) is 5.69 Å². The third-order valence-corrected chi connectivity index (χ3v) is 4.74. The van der Waals surface area contributed by atoms with E-state index in [4.69, 9.17) is 0 Å². The largest absolute Gasteiger partial charge is 0.301 e. The summed E-state index contributed by atoms with van der Waals surface area (Å²) in [6.45, 7) is 3.70. The van der Waals surface area contributed by atoms with E-state index < -0.39 is 0 Å². The van der Waals surface area contributed by atoms with Gasteiger partial charge >= 0.3 is 0 Å². The molecular weight excluding hydrogens is 335 g/mol. The first kappa shape index (κ1) is 15.8. The molecule has 0 radical (unpaired) electrons. The maximum atomic E-state index is 13.2. The first-order chi connectivity index (χ1) is 11.0. The van der Waals surface area contributed by atoms with Crippen molar-refractivity contribution in [2.75, 3.05) is 11.1 Å². The molecule has 23 heavy (non-hydrogen) atoms. The minimum atomic E-state index is -0.316. The number of carbonyl (C=O) groups is 1. The monoisotopic (exact) mass is 348 g/mol. The number of hydrogen-bond donors (Lipinski definition) is 1. The lowest BCUT2D eigenvalue weighted by molar-refractivity contribution is -0.113. The highest BCUT2D eigenvalue weighted by atomic mass is 32.2. The Labute approximate surface area is 140 Å². The lowest BCUT2D eigenvalue weighted by Gasteiger charge is -2.03. The standard InChI is InChI=1S/C15H13FN4OS2/c1-8-5-14(18-9(2)17-8)22-7-13(21)20-15-19-11-4-3-10(16)6-12(11)23-15/h3-6H,7H2,1-2H3,(H,19,20,21). The van der Waals surface area contributed by atoms with E-state index in [0.29, 0.717) is 21.2 Å². The maximum absolute atomic E-state index is 13.2. The van der Waals surface area contributed by atoms with Gasteiger partial charge in [-0.25, -0.2) is 19.3 Å². The van der Waals surface area contributed by atoms with Gasteiger partial charge in [-0.2, -0.15) is 0 Å². The summed E-state index contributed by atoms with van der Waals surface area (Å²) in [7, 11) is 0. The summed E-state index contributed by atoms with van der Waals surface area (Å²) in [5.74, 6) is 0.411. The number of rotatable bonds is 4. The Morgan fingerprint density at radius 3 is 2.87 bits per heavy atom. The molecule has 0 aliphatic rings. The zero-order valence-electron chi connectivity index (χ0n) is 12.5. The van der Waals surface area contributed by atoms with Crippen molar-refractivity contribution in [3.8, 4) is 0 Å². The number of anilines is 1. The first-order valence-corrected chi connectivity index (χ1v) is 8.61. The van der Waals surface area contributed by atoms with Crippen LogP contribution in [0.25, 0.3) is 10.2 Å². The van der Waals surface area contributed by atoms with Gasteiger partial charge in [0.15, 0.2) is 5.13 Å². The number of thioether (sulfide) groups is 1. The number of nitrogens with zero attached hydrogens (tertiary/aromatic N) is 3. The second-order valence-electron chi connectivity index (χ2n) is 4.86. The average molecular weight is 348 g/mol. The molecule has 2 heterocycles. The van der Waals surface area contributed by atoms with Crippen molar-refractivity contribution < 1.29 is 9.18 Å². The number of nitrogens with one attached hydrogen (secondary N) is 1. The van der Waals surface area contributed by atoms with Gasteiger partial charge < -0.3 is 5.32 Å². The number of fused-ring (bicyclic) bond motifs is 1. The van der Waals surface area contributed by atoms with Crippen molar-refractivity contribution >= 4 is 44.4 Å². The summed E-state index contributed by atoms with van der Waals surface area (Å²) >= 11 is 2.59. The van der Waals surface area contributed by atoms with Gasteiger partial charge in [-0.1, -0.05) is 23.1 Å². The Kier molecular flexibility index (Phi) is 4.53. The molecule has 0 aliphatic heterocycles. The molecule has 0 saturated heterocycles. The Morgan fingerprint density at radius 2 is 2.09 bits per heavy atom. The molecular formula is C15H13FN4OS2. The summed E-state index contributed by atoms with van der Waals surface area (Å²) < 4.78 is 13.9. The van der Waals surface area contributed by atoms with Crippen LogP contribution in [0.5, 0.6) is 0 Å². The van der Waals surface area contributed by atoms with Gasteiger partial charge in [0.1, 0.15) is 16.7 Å². The van der Waals surface area contributed by atoms with Gasteiger partial charge in [-0.05, 0) is 38.1 Å². The fraction of sp³-hybridized carbons (Fsp3) is 0.200. The molecule has 0 atom stereocenters. The van der Waals surface area contributed by atoms with Crippen LogP contribution in [0, 0.1) is 19.7 Å². The van der Waals surface area contributed by atoms with Gasteiger partial charge in [0.05, 0.1) is 16.0 Å². The summed E-state index contributed by atoms with van der Waals surface area (Å²) in [5.41, 5.74) is 1.54. The fourth-order valence-electron chi connectivity index (χ4n) is 2.00. The average Bonchev–Trinajstić information content (AvgIpc) is 2.85. The van der Waals surface area contributed by atoms with Crippen LogP contribution in [0.2, 0.25) is 0 Å². The highest BCUT2D eigenvalue weighted by molar-refractivity contribution is 7.99. The summed E-state index contributed by atoms with van der Waals surface area (Å²) in [4.78, 5) is 24.7. The molecule has 0 fully saturated rings. The Morgan fingerprint density at radius 1 is 1.26 bits per heavy atom. The molecule has 1 aromatic carbocycles. The third-order valence-electron chi connectivity index (χ3n) is 2.89. The van der Waals surface area contributed by atoms with E-state index in [9.17, 15) is 9.18 Å². The van der Waals surface area contributed by atoms with E-state index in [1.165, 1.54) is 35.2 Å². The van der Waals surface area contributed by atoms with Crippen molar-refractivity contribution in [1.29, 1.82) is 0 Å². The van der Waals surface area contributed by atoms with Crippen LogP contribution < -0.4 is 5.32 Å². The van der Waals surface area contributed by atoms with Crippen LogP contribution in [0.3, 0.4) is 0 Å². The van der Waals surface area contributed by atoms with E-state index in [0.717, 1.165) is 10.7 Å². The molecule has 1 N–H and O–H groups in total. The third kappa shape index (κ3) is 4.02. The normalized spacial score (nSPS) is 10.9. The number of benzene rings is 1. The molecule has 3 aromatic rings. The highest BCUT2D eigenvalue weighted by Gasteiger charge is 2.10. The zero-order chi connectivity index (χ0) is 16.4. The van der Waals surface area contributed by atoms with Crippen molar-refractivity contribution in [2.45, 2.75) is 18.9 Å². The van der Waals surface area contributed by atoms with E-state index in [2.05, 4.69) is 20.3 Å². The van der Waals surface area contributed by atoms with Crippen molar-refractivity contribution in [2.24, 2.45) is 0 Å². The topological polar surface area (TPSA) is 67.8 Å². The van der Waals surface area contributed by atoms with Crippen LogP contribution in [0.15, 0.2) is 29.3 Å². The van der Waals surface area contributed by atoms with Crippen molar-refractivity contribution in [3.05, 3.63) is 41.6 Å². The molecule has 5 nitrogen and oxygen atoms in total. The number of halogens is 1. The summed E-state index contributed by atoms with van der Waals surface area (Å²) in [5, 5.41) is 3.96. The molecule has 0 bridgehead atoms. The molecule has 0 spiro atoms. The lowest BCUT2D eigenvalue weighted by atomic mass is 10.3. The quantitative estimate of drug-likeness (QED) is 0.577. The Balaban J connectivity index is 1.64. The minimum absolute atomic E-state index is 0.177. The molecule has 0 unspecified atom stereocenters. The number of carbonyl (C=O) groups excluding carboxylic acids is 1. The highest BCUT2D eigenvalue weighted by Crippen LogP contribution is 2.26. The molecule has 0 aliphatic carbocycles. The van der Waals surface area contributed by atoms with Crippen molar-refractivity contribution in [1.82, 2.24) is 15.0 Å². The smallest absolute Gasteiger partial charge is 0.236 e. The number of thiazole rings is 1. The molecule has 118 valence electrons. The predicted octanol–water partition coefficient (Wildman–Crippen LogP) is 3.57. The van der Waals surface area contributed by atoms with Gasteiger partial charge in [-0.15, -0.1) is 0 Å². The Hall–Kier alpha value is -2.06. The summed E-state index contributed by atoms with van der Waals surface area (Å²) in [6, 6.07) is 6.19. The zero-order valence-corrected chi connectivity index (χ0v) is 14.1. The van der Waals surface area contributed by atoms with E-state index in [1.807, 2.05) is 19.9 Å². The molecule has 0 saturated carbocycles. The number of hydrogen-bond acceptors (Lipinski definition) is 6. The number of amides is 1. The first-order valence-electron chi connectivity index (χ1n) is 6.80. The van der Waals surface area contributed by atoms with Crippen LogP contribution in [-0.4, -0.2) is 26.6 Å². The maximum Gasteiger partial charge on any atom is 0.236 e. The molecule has 3 rings (SSSR count). The van der Waals surface area contributed by atoms with E-state index in [-0.39, 0.29) is 17.5 Å². The number of aromatic nitrogens is 3. The lowest BCUT2D eigenvalue weighted by Crippen LogP contribution is -2.14.